The zero-order valence-corrected chi connectivity index (χ0v) is 23.5. The minimum Gasteiger partial charge on any atom is -0.481 e. The third-order valence-corrected chi connectivity index (χ3v) is 9.18. The molecule has 0 heterocycles. The molecule has 3 atom stereocenters. The number of hydrogen-bond donors (Lipinski definition) is 9. The molecule has 0 aromatic carbocycles. The summed E-state index contributed by atoms with van der Waals surface area (Å²) in [6.07, 6.45) is 4.18. The summed E-state index contributed by atoms with van der Waals surface area (Å²) in [5, 5.41) is 56.6. The smallest absolute Gasteiger partial charge is 0.303 e. The van der Waals surface area contributed by atoms with Gasteiger partial charge in [-0.05, 0) is 44.9 Å². The summed E-state index contributed by atoms with van der Waals surface area (Å²) in [4.78, 5) is 32.9. The molecule has 36 heavy (non-hydrogen) atoms. The Morgan fingerprint density at radius 2 is 0.889 bits per heavy atom. The van der Waals surface area contributed by atoms with Gasteiger partial charge in [0, 0.05) is 52.4 Å². The van der Waals surface area contributed by atoms with E-state index in [0.717, 1.165) is 0 Å². The third-order valence-electron chi connectivity index (χ3n) is 7.12. The fourth-order valence-corrected chi connectivity index (χ4v) is 8.00. The van der Waals surface area contributed by atoms with Crippen LogP contribution >= 0.6 is 37.9 Å². The van der Waals surface area contributed by atoms with Gasteiger partial charge in [-0.25, -0.2) is 0 Å². The Morgan fingerprint density at radius 1 is 0.583 bits per heavy atom. The Balaban J connectivity index is 6.31. The average molecular weight is 573 g/mol. The molecule has 0 aliphatic rings. The number of carboxylic acids is 3. The second kappa shape index (κ2) is 18.6. The number of hydrogen-bond acceptors (Lipinski definition) is 9. The summed E-state index contributed by atoms with van der Waals surface area (Å²) >= 11 is 14.8. The maximum atomic E-state index is 11.0. The fraction of sp³-hybridized carbons (Fsp3) is 0.875. The van der Waals surface area contributed by atoms with Crippen molar-refractivity contribution in [2.75, 3.05) is 19.8 Å². The molecule has 0 amide bonds. The van der Waals surface area contributed by atoms with E-state index in [-0.39, 0.29) is 32.3 Å². The van der Waals surface area contributed by atoms with Crippen LogP contribution in [0.2, 0.25) is 0 Å². The Bertz CT molecular complexity index is 589. The molecule has 0 saturated carbocycles. The summed E-state index contributed by atoms with van der Waals surface area (Å²) in [6.45, 7) is -1.27. The zero-order valence-electron chi connectivity index (χ0n) is 20.8. The maximum Gasteiger partial charge on any atom is 0.303 e. The van der Waals surface area contributed by atoms with Crippen LogP contribution in [0.25, 0.3) is 0 Å². The van der Waals surface area contributed by atoms with E-state index in [4.69, 9.17) is 53.2 Å². The predicted molar refractivity (Wildman–Crippen MR) is 147 cm³/mol. The molecule has 3 unspecified atom stereocenters. The van der Waals surface area contributed by atoms with E-state index in [2.05, 4.69) is 0 Å². The highest BCUT2D eigenvalue weighted by Crippen LogP contribution is 2.57. The highest BCUT2D eigenvalue weighted by atomic mass is 32.1. The van der Waals surface area contributed by atoms with Gasteiger partial charge >= 0.3 is 17.9 Å². The normalized spacial score (nSPS) is 16.2. The van der Waals surface area contributed by atoms with Gasteiger partial charge in [-0.1, -0.05) is 19.3 Å². The molecule has 0 rings (SSSR count). The molecule has 0 aromatic rings. The Labute approximate surface area is 230 Å². The molecule has 9 nitrogen and oxygen atoms in total. The van der Waals surface area contributed by atoms with Gasteiger partial charge < -0.3 is 30.6 Å². The first kappa shape index (κ1) is 35.3. The van der Waals surface area contributed by atoms with Crippen molar-refractivity contribution in [3.63, 3.8) is 0 Å². The number of carboxylic acid groups (broad SMARTS) is 3. The van der Waals surface area contributed by atoms with Crippen LogP contribution in [-0.4, -0.2) is 84.1 Å². The summed E-state index contributed by atoms with van der Waals surface area (Å²) < 4.78 is 0. The lowest BCUT2D eigenvalue weighted by Gasteiger charge is -2.58. The van der Waals surface area contributed by atoms with E-state index in [9.17, 15) is 29.7 Å². The second-order valence-corrected chi connectivity index (χ2v) is 11.3. The molecule has 212 valence electrons. The Hall–Kier alpha value is -0.660. The lowest BCUT2D eigenvalue weighted by molar-refractivity contribution is -0.138. The number of rotatable bonds is 23. The molecule has 0 bridgehead atoms. The topological polar surface area (TPSA) is 173 Å². The number of unbranched alkanes of at least 4 members (excludes halogenated alkanes) is 3. The summed E-state index contributed by atoms with van der Waals surface area (Å²) in [6, 6.07) is 0. The van der Waals surface area contributed by atoms with E-state index in [1.54, 1.807) is 0 Å². The van der Waals surface area contributed by atoms with Crippen molar-refractivity contribution in [1.29, 1.82) is 0 Å². The van der Waals surface area contributed by atoms with Crippen LogP contribution in [0.1, 0.15) is 83.5 Å². The van der Waals surface area contributed by atoms with E-state index >= 15 is 0 Å². The zero-order chi connectivity index (χ0) is 27.8. The van der Waals surface area contributed by atoms with Crippen molar-refractivity contribution in [3.8, 4) is 0 Å². The molecule has 0 saturated heterocycles. The van der Waals surface area contributed by atoms with Gasteiger partial charge in [-0.3, -0.25) is 14.4 Å². The number of aliphatic carboxylic acids is 3. The van der Waals surface area contributed by atoms with Crippen LogP contribution in [0.15, 0.2) is 0 Å². The first-order valence-electron chi connectivity index (χ1n) is 12.5. The lowest BCUT2D eigenvalue weighted by Crippen LogP contribution is -2.62. The molecule has 0 aliphatic heterocycles. The third kappa shape index (κ3) is 10.6. The van der Waals surface area contributed by atoms with Gasteiger partial charge in [0.1, 0.15) is 0 Å². The van der Waals surface area contributed by atoms with Crippen molar-refractivity contribution in [2.24, 2.45) is 10.8 Å². The molecule has 0 radical (unpaired) electrons. The average Bonchev–Trinajstić information content (AvgIpc) is 2.81. The highest BCUT2D eigenvalue weighted by molar-refractivity contribution is 7.83. The van der Waals surface area contributed by atoms with Crippen LogP contribution < -0.4 is 0 Å². The minimum absolute atomic E-state index is 0.00569. The van der Waals surface area contributed by atoms with Crippen LogP contribution in [-0.2, 0) is 14.4 Å². The van der Waals surface area contributed by atoms with Crippen LogP contribution in [0.5, 0.6) is 0 Å². The lowest BCUT2D eigenvalue weighted by atomic mass is 9.54. The molecule has 6 N–H and O–H groups in total. The number of aliphatic hydroxyl groups is 3. The van der Waals surface area contributed by atoms with Gasteiger partial charge in [0.25, 0.3) is 0 Å². The molecule has 0 spiro atoms. The van der Waals surface area contributed by atoms with Crippen LogP contribution in [0.4, 0.5) is 0 Å². The molecule has 0 aliphatic carbocycles. The van der Waals surface area contributed by atoms with Crippen molar-refractivity contribution in [2.45, 2.75) is 99.2 Å². The Kier molecular flexibility index (Phi) is 18.2. The van der Waals surface area contributed by atoms with Crippen LogP contribution in [0, 0.1) is 10.8 Å². The quantitative estimate of drug-likeness (QED) is 0.0658. The highest BCUT2D eigenvalue weighted by Gasteiger charge is 2.59. The first-order valence-corrected chi connectivity index (χ1v) is 14.0. The largest absolute Gasteiger partial charge is 0.481 e. The second-order valence-electron chi connectivity index (χ2n) is 9.47. The van der Waals surface area contributed by atoms with Gasteiger partial charge in [-0.15, -0.1) is 0 Å². The number of aliphatic hydroxyl groups excluding tert-OH is 3. The SMILES string of the molecule is O=C(O)CCCCC(S)C(C(S)CCCCC(=O)O)(C(S)CCCCC(=O)O)C(CO)(CO)CCO. The molecule has 0 fully saturated rings. The molecular weight excluding hydrogens is 528 g/mol. The minimum atomic E-state index is -1.24. The van der Waals surface area contributed by atoms with E-state index in [0.29, 0.717) is 57.8 Å². The van der Waals surface area contributed by atoms with Crippen molar-refractivity contribution in [3.05, 3.63) is 0 Å². The van der Waals surface area contributed by atoms with Crippen LogP contribution in [0.3, 0.4) is 0 Å². The Morgan fingerprint density at radius 3 is 1.11 bits per heavy atom. The van der Waals surface area contributed by atoms with E-state index < -0.39 is 57.7 Å². The summed E-state index contributed by atoms with van der Waals surface area (Å²) in [5.41, 5.74) is -2.29. The first-order chi connectivity index (χ1) is 16.9. The summed E-state index contributed by atoms with van der Waals surface area (Å²) in [5.74, 6) is -2.73. The number of thiol groups is 3. The fourth-order valence-electron chi connectivity index (χ4n) is 5.20. The van der Waals surface area contributed by atoms with Crippen molar-refractivity contribution >= 4 is 55.8 Å². The van der Waals surface area contributed by atoms with Gasteiger partial charge in [0.15, 0.2) is 0 Å². The maximum absolute atomic E-state index is 11.0. The predicted octanol–water partition coefficient (Wildman–Crippen LogP) is 3.16. The van der Waals surface area contributed by atoms with E-state index in [1.807, 2.05) is 0 Å². The van der Waals surface area contributed by atoms with Crippen molar-refractivity contribution in [1.82, 2.24) is 0 Å². The number of carbonyl (C=O) groups is 3. The van der Waals surface area contributed by atoms with Gasteiger partial charge in [0.05, 0.1) is 13.2 Å². The molecule has 0 aromatic heterocycles. The van der Waals surface area contributed by atoms with Gasteiger partial charge in [0.2, 0.25) is 0 Å². The standard InChI is InChI=1S/C24H44O9S3/c25-14-13-23(15-26,16-27)24(17(34)7-1-4-10-20(28)29,18(35)8-2-5-11-21(30)31)19(36)9-3-6-12-22(32)33/h17-19,25-27,34-36H,1-16H2,(H,28,29)(H,30,31)(H,32,33). The monoisotopic (exact) mass is 572 g/mol. The van der Waals surface area contributed by atoms with Gasteiger partial charge in [-0.2, -0.15) is 37.9 Å². The molecular formula is C24H44O9S3. The van der Waals surface area contributed by atoms with E-state index in [1.165, 1.54) is 0 Å². The molecule has 12 heteroatoms. The summed E-state index contributed by atoms with van der Waals surface area (Å²) in [7, 11) is 0. The van der Waals surface area contributed by atoms with Crippen molar-refractivity contribution < 1.29 is 45.0 Å².